The summed E-state index contributed by atoms with van der Waals surface area (Å²) in [6.45, 7) is 4.35. The molecule has 2 aromatic carbocycles. The summed E-state index contributed by atoms with van der Waals surface area (Å²) in [6.07, 6.45) is 1.56. The van der Waals surface area contributed by atoms with Crippen molar-refractivity contribution in [3.63, 3.8) is 0 Å². The Labute approximate surface area is 180 Å². The van der Waals surface area contributed by atoms with E-state index in [1.807, 2.05) is 31.2 Å². The molecule has 1 fully saturated rings. The van der Waals surface area contributed by atoms with Crippen molar-refractivity contribution in [3.05, 3.63) is 63.1 Å². The second-order valence-electron chi connectivity index (χ2n) is 7.31. The van der Waals surface area contributed by atoms with Gasteiger partial charge in [-0.3, -0.25) is 9.69 Å². The van der Waals surface area contributed by atoms with Gasteiger partial charge >= 0.3 is 5.97 Å². The molecule has 0 unspecified atom stereocenters. The van der Waals surface area contributed by atoms with Crippen LogP contribution in [0.3, 0.4) is 0 Å². The van der Waals surface area contributed by atoms with Crippen LogP contribution in [-0.2, 0) is 16.1 Å². The highest BCUT2D eigenvalue weighted by molar-refractivity contribution is 6.42. The van der Waals surface area contributed by atoms with E-state index < -0.39 is 5.97 Å². The SMILES string of the molecule is COC(=O)c1ccc(C)c(NC(=O)C2CCN(Cc3ccc(Cl)c(Cl)c3)CC2)c1. The molecule has 1 heterocycles. The second-order valence-corrected chi connectivity index (χ2v) is 8.12. The molecule has 7 heteroatoms. The molecule has 0 atom stereocenters. The molecule has 5 nitrogen and oxygen atoms in total. The number of nitrogens with zero attached hydrogens (tertiary/aromatic N) is 1. The zero-order valence-electron chi connectivity index (χ0n) is 16.5. The predicted octanol–water partition coefficient (Wildman–Crippen LogP) is 4.94. The highest BCUT2D eigenvalue weighted by atomic mass is 35.5. The normalized spacial score (nSPS) is 15.2. The number of rotatable bonds is 5. The Morgan fingerprint density at radius 1 is 1.10 bits per heavy atom. The lowest BCUT2D eigenvalue weighted by Gasteiger charge is -2.31. The lowest BCUT2D eigenvalue weighted by Crippen LogP contribution is -2.37. The molecule has 0 spiro atoms. The van der Waals surface area contributed by atoms with Gasteiger partial charge in [0, 0.05) is 18.2 Å². The van der Waals surface area contributed by atoms with Crippen molar-refractivity contribution in [2.24, 2.45) is 5.92 Å². The third-order valence-electron chi connectivity index (χ3n) is 5.27. The number of benzene rings is 2. The third kappa shape index (κ3) is 5.50. The molecule has 2 aromatic rings. The van der Waals surface area contributed by atoms with Crippen molar-refractivity contribution in [1.82, 2.24) is 4.90 Å². The molecule has 1 aliphatic heterocycles. The number of methoxy groups -OCH3 is 1. The number of anilines is 1. The molecule has 0 bridgehead atoms. The topological polar surface area (TPSA) is 58.6 Å². The van der Waals surface area contributed by atoms with Crippen LogP contribution in [0.4, 0.5) is 5.69 Å². The smallest absolute Gasteiger partial charge is 0.337 e. The van der Waals surface area contributed by atoms with Crippen molar-refractivity contribution >= 4 is 40.8 Å². The molecular weight excluding hydrogens is 411 g/mol. The minimum Gasteiger partial charge on any atom is -0.465 e. The quantitative estimate of drug-likeness (QED) is 0.676. The predicted molar refractivity (Wildman–Crippen MR) is 116 cm³/mol. The van der Waals surface area contributed by atoms with Gasteiger partial charge in [-0.2, -0.15) is 0 Å². The van der Waals surface area contributed by atoms with Crippen LogP contribution in [0.5, 0.6) is 0 Å². The van der Waals surface area contributed by atoms with E-state index in [4.69, 9.17) is 27.9 Å². The molecule has 3 rings (SSSR count). The summed E-state index contributed by atoms with van der Waals surface area (Å²) in [7, 11) is 1.34. The Morgan fingerprint density at radius 2 is 1.83 bits per heavy atom. The van der Waals surface area contributed by atoms with Gasteiger partial charge in [-0.25, -0.2) is 4.79 Å². The maximum Gasteiger partial charge on any atom is 0.337 e. The van der Waals surface area contributed by atoms with E-state index in [9.17, 15) is 9.59 Å². The molecule has 1 amide bonds. The molecule has 0 aromatic heterocycles. The number of aryl methyl sites for hydroxylation is 1. The Kier molecular flexibility index (Phi) is 7.17. The lowest BCUT2D eigenvalue weighted by atomic mass is 9.95. The van der Waals surface area contributed by atoms with Crippen molar-refractivity contribution in [2.45, 2.75) is 26.3 Å². The fraction of sp³-hybridized carbons (Fsp3) is 0.364. The van der Waals surface area contributed by atoms with E-state index in [-0.39, 0.29) is 11.8 Å². The largest absolute Gasteiger partial charge is 0.465 e. The van der Waals surface area contributed by atoms with Gasteiger partial charge in [-0.05, 0) is 68.2 Å². The van der Waals surface area contributed by atoms with E-state index in [2.05, 4.69) is 10.2 Å². The number of carbonyl (C=O) groups excluding carboxylic acids is 2. The van der Waals surface area contributed by atoms with Crippen LogP contribution < -0.4 is 5.32 Å². The third-order valence-corrected chi connectivity index (χ3v) is 6.00. The van der Waals surface area contributed by atoms with E-state index in [1.165, 1.54) is 7.11 Å². The molecular formula is C22H24Cl2N2O3. The first-order valence-corrected chi connectivity index (χ1v) is 10.3. The number of nitrogens with one attached hydrogen (secondary N) is 1. The summed E-state index contributed by atoms with van der Waals surface area (Å²) in [6, 6.07) is 10.8. The highest BCUT2D eigenvalue weighted by Crippen LogP contribution is 2.26. The number of hydrogen-bond donors (Lipinski definition) is 1. The van der Waals surface area contributed by atoms with Crippen LogP contribution in [0.2, 0.25) is 10.0 Å². The van der Waals surface area contributed by atoms with E-state index >= 15 is 0 Å². The van der Waals surface area contributed by atoms with E-state index in [0.29, 0.717) is 21.3 Å². The summed E-state index contributed by atoms with van der Waals surface area (Å²) < 4.78 is 4.75. The number of amides is 1. The van der Waals surface area contributed by atoms with Crippen LogP contribution in [0, 0.1) is 12.8 Å². The van der Waals surface area contributed by atoms with Gasteiger partial charge in [0.1, 0.15) is 0 Å². The summed E-state index contributed by atoms with van der Waals surface area (Å²) >= 11 is 12.1. The number of carbonyl (C=O) groups is 2. The van der Waals surface area contributed by atoms with Crippen LogP contribution in [-0.4, -0.2) is 37.0 Å². The molecule has 0 aliphatic carbocycles. The average molecular weight is 435 g/mol. The monoisotopic (exact) mass is 434 g/mol. The van der Waals surface area contributed by atoms with Crippen LogP contribution >= 0.6 is 23.2 Å². The first kappa shape index (κ1) is 21.6. The highest BCUT2D eigenvalue weighted by Gasteiger charge is 2.25. The first-order valence-electron chi connectivity index (χ1n) is 9.53. The van der Waals surface area contributed by atoms with E-state index in [1.54, 1.807) is 12.1 Å². The zero-order chi connectivity index (χ0) is 21.0. The maximum absolute atomic E-state index is 12.7. The van der Waals surface area contributed by atoms with Crippen LogP contribution in [0.1, 0.15) is 34.3 Å². The fourth-order valence-electron chi connectivity index (χ4n) is 3.49. The summed E-state index contributed by atoms with van der Waals surface area (Å²) in [4.78, 5) is 26.8. The molecule has 0 saturated carbocycles. The second kappa shape index (κ2) is 9.61. The minimum atomic E-state index is -0.420. The number of likely N-dealkylation sites (tertiary alicyclic amines) is 1. The standard InChI is InChI=1S/C22H24Cl2N2O3/c1-14-3-5-17(22(28)29-2)12-20(14)25-21(27)16-7-9-26(10-8-16)13-15-4-6-18(23)19(24)11-15/h3-6,11-12,16H,7-10,13H2,1-2H3,(H,25,27). The number of halogens is 2. The Morgan fingerprint density at radius 3 is 2.48 bits per heavy atom. The van der Waals surface area contributed by atoms with Crippen LogP contribution in [0.15, 0.2) is 36.4 Å². The summed E-state index contributed by atoms with van der Waals surface area (Å²) in [5.74, 6) is -0.485. The maximum atomic E-state index is 12.7. The fourth-order valence-corrected chi connectivity index (χ4v) is 3.81. The number of esters is 1. The summed E-state index contributed by atoms with van der Waals surface area (Å²) in [5.41, 5.74) is 3.08. The minimum absolute atomic E-state index is 0.00990. The van der Waals surface area contributed by atoms with Gasteiger partial charge in [-0.1, -0.05) is 35.3 Å². The Balaban J connectivity index is 1.56. The van der Waals surface area contributed by atoms with Gasteiger partial charge in [0.2, 0.25) is 5.91 Å². The molecule has 1 N–H and O–H groups in total. The van der Waals surface area contributed by atoms with Gasteiger partial charge in [0.15, 0.2) is 0 Å². The van der Waals surface area contributed by atoms with Crippen molar-refractivity contribution < 1.29 is 14.3 Å². The number of piperidine rings is 1. The first-order chi connectivity index (χ1) is 13.9. The van der Waals surface area contributed by atoms with Gasteiger partial charge in [0.05, 0.1) is 22.7 Å². The number of hydrogen-bond acceptors (Lipinski definition) is 4. The summed E-state index contributed by atoms with van der Waals surface area (Å²) in [5, 5.41) is 4.09. The Bertz CT molecular complexity index is 909. The van der Waals surface area contributed by atoms with Gasteiger partial charge < -0.3 is 10.1 Å². The molecule has 154 valence electrons. The van der Waals surface area contributed by atoms with Crippen LogP contribution in [0.25, 0.3) is 0 Å². The van der Waals surface area contributed by atoms with Crippen molar-refractivity contribution in [2.75, 3.05) is 25.5 Å². The van der Waals surface area contributed by atoms with Gasteiger partial charge in [0.25, 0.3) is 0 Å². The molecule has 29 heavy (non-hydrogen) atoms. The zero-order valence-corrected chi connectivity index (χ0v) is 18.0. The molecule has 1 saturated heterocycles. The van der Waals surface area contributed by atoms with E-state index in [0.717, 1.165) is 43.6 Å². The average Bonchev–Trinajstić information content (AvgIpc) is 2.72. The molecule has 1 aliphatic rings. The van der Waals surface area contributed by atoms with Crippen molar-refractivity contribution in [3.8, 4) is 0 Å². The Hall–Kier alpha value is -2.08. The van der Waals surface area contributed by atoms with Crippen molar-refractivity contribution in [1.29, 1.82) is 0 Å². The lowest BCUT2D eigenvalue weighted by molar-refractivity contribution is -0.121. The number of ether oxygens (including phenoxy) is 1. The van der Waals surface area contributed by atoms with Gasteiger partial charge in [-0.15, -0.1) is 0 Å². The molecule has 0 radical (unpaired) electrons.